The summed E-state index contributed by atoms with van der Waals surface area (Å²) in [5.74, 6) is 0.618. The Balaban J connectivity index is 2.68. The standard InChI is InChI=1S/C10H11Cl2NO/c1-7(5-11)6-14-10-3-2-8(12)4-9(10)13/h2-5H,6,13H2,1H3/b7-5-. The van der Waals surface area contributed by atoms with Crippen molar-refractivity contribution >= 4 is 28.9 Å². The molecule has 1 aromatic carbocycles. The molecule has 0 aliphatic heterocycles. The molecule has 0 atom stereocenters. The number of rotatable bonds is 3. The summed E-state index contributed by atoms with van der Waals surface area (Å²) in [5.41, 5.74) is 8.62. The highest BCUT2D eigenvalue weighted by Gasteiger charge is 2.00. The van der Waals surface area contributed by atoms with Crippen LogP contribution in [0.3, 0.4) is 0 Å². The van der Waals surface area contributed by atoms with Gasteiger partial charge in [-0.3, -0.25) is 0 Å². The summed E-state index contributed by atoms with van der Waals surface area (Å²) >= 11 is 11.2. The molecule has 14 heavy (non-hydrogen) atoms. The van der Waals surface area contributed by atoms with Crippen LogP contribution in [0.5, 0.6) is 5.75 Å². The molecule has 0 bridgehead atoms. The van der Waals surface area contributed by atoms with Crippen LogP contribution in [0, 0.1) is 0 Å². The Kier molecular flexibility index (Phi) is 4.11. The third-order valence-electron chi connectivity index (χ3n) is 1.61. The maximum Gasteiger partial charge on any atom is 0.142 e. The van der Waals surface area contributed by atoms with Crippen LogP contribution in [0.4, 0.5) is 5.69 Å². The Morgan fingerprint density at radius 1 is 1.57 bits per heavy atom. The van der Waals surface area contributed by atoms with Crippen molar-refractivity contribution in [3.05, 3.63) is 34.3 Å². The van der Waals surface area contributed by atoms with Crippen molar-refractivity contribution in [1.82, 2.24) is 0 Å². The fourth-order valence-corrected chi connectivity index (χ4v) is 1.12. The monoisotopic (exact) mass is 231 g/mol. The Bertz CT molecular complexity index is 350. The molecular formula is C10H11Cl2NO. The lowest BCUT2D eigenvalue weighted by Crippen LogP contribution is -2.00. The van der Waals surface area contributed by atoms with Gasteiger partial charge in [-0.15, -0.1) is 0 Å². The average Bonchev–Trinajstić information content (AvgIpc) is 2.16. The first-order valence-corrected chi connectivity index (χ1v) is 4.88. The molecule has 0 saturated carbocycles. The zero-order chi connectivity index (χ0) is 10.6. The first-order chi connectivity index (χ1) is 6.63. The van der Waals surface area contributed by atoms with Crippen LogP contribution in [0.1, 0.15) is 6.92 Å². The SMILES string of the molecule is C/C(=C/Cl)COc1ccc(Cl)cc1N. The molecule has 0 fully saturated rings. The van der Waals surface area contributed by atoms with Crippen LogP contribution < -0.4 is 10.5 Å². The van der Waals surface area contributed by atoms with Gasteiger partial charge in [0.05, 0.1) is 5.69 Å². The number of halogens is 2. The summed E-state index contributed by atoms with van der Waals surface area (Å²) in [4.78, 5) is 0. The quantitative estimate of drug-likeness (QED) is 0.810. The van der Waals surface area contributed by atoms with E-state index in [-0.39, 0.29) is 0 Å². The van der Waals surface area contributed by atoms with Crippen molar-refractivity contribution in [1.29, 1.82) is 0 Å². The normalized spacial score (nSPS) is 11.5. The second-order valence-electron chi connectivity index (χ2n) is 2.93. The van der Waals surface area contributed by atoms with Gasteiger partial charge in [-0.05, 0) is 30.7 Å². The maximum absolute atomic E-state index is 5.74. The molecular weight excluding hydrogens is 221 g/mol. The fraction of sp³-hybridized carbons (Fsp3) is 0.200. The van der Waals surface area contributed by atoms with Crippen LogP contribution in [0.2, 0.25) is 5.02 Å². The molecule has 1 rings (SSSR count). The van der Waals surface area contributed by atoms with Gasteiger partial charge in [-0.2, -0.15) is 0 Å². The van der Waals surface area contributed by atoms with Crippen molar-refractivity contribution in [3.8, 4) is 5.75 Å². The predicted octanol–water partition coefficient (Wildman–Crippen LogP) is 3.44. The molecule has 0 aliphatic carbocycles. The number of anilines is 1. The molecule has 0 unspecified atom stereocenters. The zero-order valence-corrected chi connectivity index (χ0v) is 9.27. The predicted molar refractivity (Wildman–Crippen MR) is 61.0 cm³/mol. The second-order valence-corrected chi connectivity index (χ2v) is 3.58. The van der Waals surface area contributed by atoms with Gasteiger partial charge in [0.2, 0.25) is 0 Å². The molecule has 2 N–H and O–H groups in total. The van der Waals surface area contributed by atoms with Gasteiger partial charge >= 0.3 is 0 Å². The third kappa shape index (κ3) is 3.13. The van der Waals surface area contributed by atoms with Gasteiger partial charge in [-0.25, -0.2) is 0 Å². The van der Waals surface area contributed by atoms with Gasteiger partial charge in [0.15, 0.2) is 0 Å². The topological polar surface area (TPSA) is 35.2 Å². The molecule has 76 valence electrons. The fourth-order valence-electron chi connectivity index (χ4n) is 0.874. The van der Waals surface area contributed by atoms with E-state index in [9.17, 15) is 0 Å². The zero-order valence-electron chi connectivity index (χ0n) is 7.76. The minimum atomic E-state index is 0.426. The van der Waals surface area contributed by atoms with E-state index in [4.69, 9.17) is 33.7 Å². The number of nitrogens with two attached hydrogens (primary N) is 1. The summed E-state index contributed by atoms with van der Waals surface area (Å²) in [6.07, 6.45) is 0. The van der Waals surface area contributed by atoms with Gasteiger partial charge < -0.3 is 10.5 Å². The molecule has 2 nitrogen and oxygen atoms in total. The van der Waals surface area contributed by atoms with E-state index >= 15 is 0 Å². The summed E-state index contributed by atoms with van der Waals surface area (Å²) in [7, 11) is 0. The van der Waals surface area contributed by atoms with Crippen molar-refractivity contribution in [2.75, 3.05) is 12.3 Å². The van der Waals surface area contributed by atoms with Gasteiger partial charge in [-0.1, -0.05) is 23.2 Å². The van der Waals surface area contributed by atoms with E-state index in [0.29, 0.717) is 23.1 Å². The number of benzene rings is 1. The molecule has 0 heterocycles. The van der Waals surface area contributed by atoms with Gasteiger partial charge in [0.25, 0.3) is 0 Å². The maximum atomic E-state index is 5.74. The van der Waals surface area contributed by atoms with Gasteiger partial charge in [0.1, 0.15) is 12.4 Å². The van der Waals surface area contributed by atoms with Crippen molar-refractivity contribution < 1.29 is 4.74 Å². The Hall–Kier alpha value is -0.860. The Labute approximate surface area is 93.3 Å². The van der Waals surface area contributed by atoms with E-state index in [2.05, 4.69) is 0 Å². The molecule has 0 amide bonds. The van der Waals surface area contributed by atoms with Crippen molar-refractivity contribution in [2.24, 2.45) is 0 Å². The average molecular weight is 232 g/mol. The third-order valence-corrected chi connectivity index (χ3v) is 2.22. The van der Waals surface area contributed by atoms with Crippen LogP contribution in [-0.4, -0.2) is 6.61 Å². The molecule has 1 aromatic rings. The van der Waals surface area contributed by atoms with Crippen LogP contribution in [0.15, 0.2) is 29.3 Å². The molecule has 0 saturated heterocycles. The lowest BCUT2D eigenvalue weighted by Gasteiger charge is -2.08. The second kappa shape index (κ2) is 5.13. The van der Waals surface area contributed by atoms with Crippen molar-refractivity contribution in [3.63, 3.8) is 0 Å². The number of hydrogen-bond donors (Lipinski definition) is 1. The highest BCUT2D eigenvalue weighted by atomic mass is 35.5. The molecule has 0 radical (unpaired) electrons. The minimum Gasteiger partial charge on any atom is -0.487 e. The highest BCUT2D eigenvalue weighted by molar-refractivity contribution is 6.30. The van der Waals surface area contributed by atoms with Crippen LogP contribution in [-0.2, 0) is 0 Å². The van der Waals surface area contributed by atoms with Crippen LogP contribution in [0.25, 0.3) is 0 Å². The van der Waals surface area contributed by atoms with E-state index in [1.807, 2.05) is 6.92 Å². The molecule has 0 spiro atoms. The lowest BCUT2D eigenvalue weighted by atomic mass is 10.3. The minimum absolute atomic E-state index is 0.426. The summed E-state index contributed by atoms with van der Waals surface area (Å²) < 4.78 is 5.41. The lowest BCUT2D eigenvalue weighted by molar-refractivity contribution is 0.354. The van der Waals surface area contributed by atoms with Crippen molar-refractivity contribution in [2.45, 2.75) is 6.92 Å². The van der Waals surface area contributed by atoms with E-state index in [1.165, 1.54) is 5.54 Å². The molecule has 0 aromatic heterocycles. The van der Waals surface area contributed by atoms with Gasteiger partial charge in [0, 0.05) is 10.6 Å². The number of nitrogen functional groups attached to an aromatic ring is 1. The van der Waals surface area contributed by atoms with E-state index in [0.717, 1.165) is 5.57 Å². The van der Waals surface area contributed by atoms with E-state index < -0.39 is 0 Å². The summed E-state index contributed by atoms with van der Waals surface area (Å²) in [6.45, 7) is 2.30. The Morgan fingerprint density at radius 2 is 2.29 bits per heavy atom. The van der Waals surface area contributed by atoms with Crippen LogP contribution >= 0.6 is 23.2 Å². The highest BCUT2D eigenvalue weighted by Crippen LogP contribution is 2.25. The first-order valence-electron chi connectivity index (χ1n) is 4.07. The smallest absolute Gasteiger partial charge is 0.142 e. The van der Waals surface area contributed by atoms with E-state index in [1.54, 1.807) is 18.2 Å². The first kappa shape index (κ1) is 11.2. The summed E-state index contributed by atoms with van der Waals surface area (Å²) in [6, 6.07) is 5.11. The summed E-state index contributed by atoms with van der Waals surface area (Å²) in [5, 5.41) is 0.597. The number of ether oxygens (including phenoxy) is 1. The molecule has 4 heteroatoms. The molecule has 0 aliphatic rings. The number of hydrogen-bond acceptors (Lipinski definition) is 2. The largest absolute Gasteiger partial charge is 0.487 e. The Morgan fingerprint density at radius 3 is 2.86 bits per heavy atom.